The third kappa shape index (κ3) is 3.08. The highest BCUT2D eigenvalue weighted by Gasteiger charge is 2.46. The zero-order valence-electron chi connectivity index (χ0n) is 13.7. The molecule has 3 atom stereocenters. The van der Waals surface area contributed by atoms with E-state index in [0.29, 0.717) is 0 Å². The second kappa shape index (κ2) is 6.61. The van der Waals surface area contributed by atoms with Crippen molar-refractivity contribution in [3.63, 3.8) is 0 Å². The fourth-order valence-electron chi connectivity index (χ4n) is 3.46. The van der Waals surface area contributed by atoms with Crippen molar-refractivity contribution in [2.45, 2.75) is 18.2 Å². The van der Waals surface area contributed by atoms with Crippen molar-refractivity contribution in [3.8, 4) is 11.5 Å². The molecule has 4 rings (SSSR count). The van der Waals surface area contributed by atoms with Gasteiger partial charge in [0, 0.05) is 18.1 Å². The van der Waals surface area contributed by atoms with Crippen LogP contribution in [0.25, 0.3) is 0 Å². The average Bonchev–Trinajstić information content (AvgIpc) is 3.01. The summed E-state index contributed by atoms with van der Waals surface area (Å²) in [5.41, 5.74) is 0.207. The summed E-state index contributed by atoms with van der Waals surface area (Å²) in [7, 11) is 0. The summed E-state index contributed by atoms with van der Waals surface area (Å²) in [6.07, 6.45) is -1.37. The molecule has 1 unspecified atom stereocenters. The van der Waals surface area contributed by atoms with Crippen molar-refractivity contribution in [3.05, 3.63) is 58.4 Å². The molecule has 142 valence electrons. The molecule has 2 aliphatic rings. The number of nitrogens with zero attached hydrogens (tertiary/aromatic N) is 1. The molecule has 27 heavy (non-hydrogen) atoms. The molecule has 0 radical (unpaired) electrons. The molecular weight excluding hydrogens is 387 g/mol. The second-order valence-corrected chi connectivity index (χ2v) is 6.77. The lowest BCUT2D eigenvalue weighted by Crippen LogP contribution is -2.39. The normalized spacial score (nSPS) is 22.4. The van der Waals surface area contributed by atoms with Gasteiger partial charge in [-0.2, -0.15) is 0 Å². The molecule has 1 fully saturated rings. The predicted octanol–water partition coefficient (Wildman–Crippen LogP) is 3.41. The number of hydrogen-bond acceptors (Lipinski definition) is 4. The Labute approximate surface area is 156 Å². The maximum Gasteiger partial charge on any atom is 0.325 e. The van der Waals surface area contributed by atoms with Crippen LogP contribution >= 0.6 is 11.6 Å². The van der Waals surface area contributed by atoms with Crippen LogP contribution in [0.3, 0.4) is 0 Å². The van der Waals surface area contributed by atoms with Gasteiger partial charge in [-0.1, -0.05) is 17.7 Å². The molecule has 1 saturated heterocycles. The van der Waals surface area contributed by atoms with Gasteiger partial charge >= 0.3 is 5.97 Å². The van der Waals surface area contributed by atoms with Gasteiger partial charge in [-0.25, -0.2) is 13.2 Å². The lowest BCUT2D eigenvalue weighted by Gasteiger charge is -2.28. The summed E-state index contributed by atoms with van der Waals surface area (Å²) in [6, 6.07) is 4.13. The molecule has 0 aliphatic carbocycles. The molecule has 5 nitrogen and oxygen atoms in total. The Kier molecular flexibility index (Phi) is 4.39. The molecule has 0 amide bonds. The zero-order chi connectivity index (χ0) is 19.3. The van der Waals surface area contributed by atoms with Crippen LogP contribution in [0.15, 0.2) is 30.3 Å². The van der Waals surface area contributed by atoms with E-state index in [0.717, 1.165) is 24.3 Å². The van der Waals surface area contributed by atoms with E-state index in [2.05, 4.69) is 0 Å². The van der Waals surface area contributed by atoms with E-state index in [1.54, 1.807) is 0 Å². The standard InChI is InChI=1S/C18H13ClF3NO4/c19-10-5-8(20)1-2-9(10)15(18(24)25)23-6-13-14(7-23)27-17-12(22)4-3-11(21)16(17)26-13/h1-5,13-15H,6-7H2,(H,24,25)/t13-,14+,15?. The molecule has 0 aromatic heterocycles. The number of fused-ring (bicyclic) bond motifs is 2. The minimum Gasteiger partial charge on any atom is -0.480 e. The number of rotatable bonds is 3. The number of benzene rings is 2. The van der Waals surface area contributed by atoms with Crippen LogP contribution in [0.4, 0.5) is 13.2 Å². The predicted molar refractivity (Wildman–Crippen MR) is 88.5 cm³/mol. The molecule has 2 heterocycles. The first-order valence-electron chi connectivity index (χ1n) is 8.08. The van der Waals surface area contributed by atoms with E-state index in [1.165, 1.54) is 11.0 Å². The van der Waals surface area contributed by atoms with Crippen molar-refractivity contribution in [2.24, 2.45) is 0 Å². The SMILES string of the molecule is O=C(O)C(c1ccc(F)cc1Cl)N1C[C@@H]2Oc3c(F)ccc(F)c3O[C@@H]2C1. The van der Waals surface area contributed by atoms with Gasteiger partial charge in [0.1, 0.15) is 24.1 Å². The van der Waals surface area contributed by atoms with Gasteiger partial charge in [0.05, 0.1) is 0 Å². The van der Waals surface area contributed by atoms with Crippen LogP contribution in [0.5, 0.6) is 11.5 Å². The average molecular weight is 400 g/mol. The maximum absolute atomic E-state index is 13.9. The summed E-state index contributed by atoms with van der Waals surface area (Å²) in [4.78, 5) is 13.4. The number of carboxylic acid groups (broad SMARTS) is 1. The van der Waals surface area contributed by atoms with Crippen molar-refractivity contribution >= 4 is 17.6 Å². The molecule has 2 aromatic carbocycles. The minimum absolute atomic E-state index is 0.0283. The Balaban J connectivity index is 1.63. The highest BCUT2D eigenvalue weighted by Crippen LogP contribution is 2.42. The van der Waals surface area contributed by atoms with Gasteiger partial charge < -0.3 is 14.6 Å². The molecule has 2 aliphatic heterocycles. The van der Waals surface area contributed by atoms with Crippen molar-refractivity contribution < 1.29 is 32.5 Å². The Morgan fingerprint density at radius 3 is 2.11 bits per heavy atom. The number of hydrogen-bond donors (Lipinski definition) is 1. The van der Waals surface area contributed by atoms with Crippen molar-refractivity contribution in [2.75, 3.05) is 13.1 Å². The summed E-state index contributed by atoms with van der Waals surface area (Å²) in [5.74, 6) is -3.97. The van der Waals surface area contributed by atoms with Crippen LogP contribution in [-0.2, 0) is 4.79 Å². The number of halogens is 4. The number of likely N-dealkylation sites (tertiary alicyclic amines) is 1. The summed E-state index contributed by atoms with van der Waals surface area (Å²) >= 11 is 6.02. The Morgan fingerprint density at radius 2 is 1.63 bits per heavy atom. The third-order valence-electron chi connectivity index (χ3n) is 4.65. The summed E-state index contributed by atoms with van der Waals surface area (Å²) < 4.78 is 52.2. The summed E-state index contributed by atoms with van der Waals surface area (Å²) in [6.45, 7) is 0.176. The third-order valence-corrected chi connectivity index (χ3v) is 4.98. The zero-order valence-corrected chi connectivity index (χ0v) is 14.4. The Bertz CT molecular complexity index is 887. The molecule has 2 aromatic rings. The number of aliphatic carboxylic acids is 1. The van der Waals surface area contributed by atoms with Gasteiger partial charge in [-0.3, -0.25) is 9.69 Å². The van der Waals surface area contributed by atoms with Gasteiger partial charge in [-0.05, 0) is 29.8 Å². The van der Waals surface area contributed by atoms with E-state index >= 15 is 0 Å². The van der Waals surface area contributed by atoms with E-state index in [4.69, 9.17) is 21.1 Å². The molecule has 0 spiro atoms. The Morgan fingerprint density at radius 1 is 1.07 bits per heavy atom. The minimum atomic E-state index is -1.20. The lowest BCUT2D eigenvalue weighted by molar-refractivity contribution is -0.143. The fraction of sp³-hybridized carbons (Fsp3) is 0.278. The first-order chi connectivity index (χ1) is 12.8. The van der Waals surface area contributed by atoms with Crippen LogP contribution in [0.1, 0.15) is 11.6 Å². The first kappa shape index (κ1) is 17.9. The van der Waals surface area contributed by atoms with Gasteiger partial charge in [0.25, 0.3) is 0 Å². The van der Waals surface area contributed by atoms with Crippen molar-refractivity contribution in [1.82, 2.24) is 4.90 Å². The van der Waals surface area contributed by atoms with Gasteiger partial charge in [0.15, 0.2) is 11.6 Å². The molecule has 9 heteroatoms. The smallest absolute Gasteiger partial charge is 0.325 e. The fourth-order valence-corrected chi connectivity index (χ4v) is 3.73. The van der Waals surface area contributed by atoms with E-state index in [1.807, 2.05) is 0 Å². The van der Waals surface area contributed by atoms with Gasteiger partial charge in [0.2, 0.25) is 11.5 Å². The largest absolute Gasteiger partial charge is 0.480 e. The van der Waals surface area contributed by atoms with Crippen LogP contribution < -0.4 is 9.47 Å². The first-order valence-corrected chi connectivity index (χ1v) is 8.46. The number of ether oxygens (including phenoxy) is 2. The topological polar surface area (TPSA) is 59.0 Å². The molecule has 0 bridgehead atoms. The monoisotopic (exact) mass is 399 g/mol. The highest BCUT2D eigenvalue weighted by atomic mass is 35.5. The number of carboxylic acids is 1. The quantitative estimate of drug-likeness (QED) is 0.857. The Hall–Kier alpha value is -2.45. The molecule has 1 N–H and O–H groups in total. The summed E-state index contributed by atoms with van der Waals surface area (Å²) in [5, 5.41) is 9.65. The van der Waals surface area contributed by atoms with Gasteiger partial charge in [-0.15, -0.1) is 0 Å². The van der Waals surface area contributed by atoms with Crippen LogP contribution in [0, 0.1) is 17.5 Å². The highest BCUT2D eigenvalue weighted by molar-refractivity contribution is 6.31. The number of carbonyl (C=O) groups is 1. The molecule has 0 saturated carbocycles. The van der Waals surface area contributed by atoms with Crippen molar-refractivity contribution in [1.29, 1.82) is 0 Å². The lowest BCUT2D eigenvalue weighted by atomic mass is 10.1. The van der Waals surface area contributed by atoms with Crippen LogP contribution in [0.2, 0.25) is 5.02 Å². The molecular formula is C18H13ClF3NO4. The van der Waals surface area contributed by atoms with E-state index in [-0.39, 0.29) is 35.2 Å². The van der Waals surface area contributed by atoms with E-state index < -0.39 is 41.7 Å². The maximum atomic E-state index is 13.9. The van der Waals surface area contributed by atoms with E-state index in [9.17, 15) is 23.1 Å². The van der Waals surface area contributed by atoms with Crippen LogP contribution in [-0.4, -0.2) is 41.3 Å². The second-order valence-electron chi connectivity index (χ2n) is 6.36.